The van der Waals surface area contributed by atoms with Crippen molar-refractivity contribution >= 4 is 17.6 Å². The molecule has 1 saturated carbocycles. The molecule has 1 aliphatic carbocycles. The molecule has 3 N–H and O–H groups in total. The van der Waals surface area contributed by atoms with Crippen LogP contribution in [-0.4, -0.2) is 39.8 Å². The number of benzene rings is 1. The Morgan fingerprint density at radius 1 is 1.21 bits per heavy atom. The Balaban J connectivity index is 2.33. The number of esters is 1. The summed E-state index contributed by atoms with van der Waals surface area (Å²) in [6, 6.07) is 3.04. The summed E-state index contributed by atoms with van der Waals surface area (Å²) in [6.07, 6.45) is 2.75. The first-order chi connectivity index (χ1) is 11.5. The largest absolute Gasteiger partial charge is 0.493 e. The van der Waals surface area contributed by atoms with E-state index in [0.29, 0.717) is 23.7 Å². The fourth-order valence-electron chi connectivity index (χ4n) is 3.18. The minimum atomic E-state index is -0.521. The molecule has 1 aliphatic rings. The van der Waals surface area contributed by atoms with Gasteiger partial charge in [-0.05, 0) is 37.4 Å². The third-order valence-corrected chi connectivity index (χ3v) is 4.46. The average Bonchev–Trinajstić information content (AvgIpc) is 3.09. The molecule has 0 unspecified atom stereocenters. The average molecular weight is 336 g/mol. The fraction of sp³-hybridized carbons (Fsp3) is 0.529. The van der Waals surface area contributed by atoms with Gasteiger partial charge in [0.1, 0.15) is 0 Å². The second-order valence-electron chi connectivity index (χ2n) is 5.77. The van der Waals surface area contributed by atoms with E-state index in [2.05, 4.69) is 5.32 Å². The van der Waals surface area contributed by atoms with E-state index in [1.165, 1.54) is 33.5 Å². The predicted molar refractivity (Wildman–Crippen MR) is 89.4 cm³/mol. The smallest absolute Gasteiger partial charge is 0.338 e. The molecule has 0 bridgehead atoms. The van der Waals surface area contributed by atoms with E-state index < -0.39 is 5.97 Å². The number of carbonyl (C=O) groups excluding carboxylic acids is 2. The molecular formula is C17H24N2O5. The van der Waals surface area contributed by atoms with Crippen LogP contribution in [0.25, 0.3) is 0 Å². The van der Waals surface area contributed by atoms with E-state index in [9.17, 15) is 9.59 Å². The zero-order valence-corrected chi connectivity index (χ0v) is 14.3. The van der Waals surface area contributed by atoms with Crippen LogP contribution in [0.1, 0.15) is 29.6 Å². The molecule has 0 radical (unpaired) electrons. The third kappa shape index (κ3) is 3.62. The van der Waals surface area contributed by atoms with Gasteiger partial charge < -0.3 is 25.3 Å². The molecule has 0 aromatic heterocycles. The number of hydrogen-bond acceptors (Lipinski definition) is 6. The number of hydrogen-bond donors (Lipinski definition) is 2. The molecule has 2 rings (SSSR count). The number of anilines is 1. The van der Waals surface area contributed by atoms with Crippen LogP contribution in [0.4, 0.5) is 5.69 Å². The number of rotatable bonds is 6. The van der Waals surface area contributed by atoms with Crippen molar-refractivity contribution in [2.45, 2.75) is 19.3 Å². The highest BCUT2D eigenvalue weighted by molar-refractivity contribution is 5.98. The highest BCUT2D eigenvalue weighted by Gasteiger charge is 2.32. The predicted octanol–water partition coefficient (Wildman–Crippen LogP) is 1.80. The lowest BCUT2D eigenvalue weighted by Gasteiger charge is -2.20. The fourth-order valence-corrected chi connectivity index (χ4v) is 3.18. The number of ether oxygens (including phenoxy) is 3. The summed E-state index contributed by atoms with van der Waals surface area (Å²) in [5.74, 6) is 0.116. The molecule has 1 aromatic rings. The van der Waals surface area contributed by atoms with Crippen LogP contribution in [0, 0.1) is 11.8 Å². The number of nitrogens with two attached hydrogens (primary N) is 1. The molecule has 0 heterocycles. The van der Waals surface area contributed by atoms with Crippen molar-refractivity contribution in [3.05, 3.63) is 17.7 Å². The van der Waals surface area contributed by atoms with Crippen LogP contribution < -0.4 is 20.5 Å². The highest BCUT2D eigenvalue weighted by atomic mass is 16.5. The first-order valence-corrected chi connectivity index (χ1v) is 7.91. The van der Waals surface area contributed by atoms with Crippen LogP contribution in [0.3, 0.4) is 0 Å². The first-order valence-electron chi connectivity index (χ1n) is 7.91. The molecule has 1 amide bonds. The van der Waals surface area contributed by atoms with Crippen LogP contribution in [0.5, 0.6) is 11.5 Å². The van der Waals surface area contributed by atoms with Crippen molar-refractivity contribution in [2.24, 2.45) is 17.6 Å². The van der Waals surface area contributed by atoms with Gasteiger partial charge >= 0.3 is 5.97 Å². The van der Waals surface area contributed by atoms with Gasteiger partial charge in [0.05, 0.1) is 32.6 Å². The van der Waals surface area contributed by atoms with E-state index in [4.69, 9.17) is 19.9 Å². The Labute approximate surface area is 141 Å². The number of methoxy groups -OCH3 is 3. The Bertz CT molecular complexity index is 617. The summed E-state index contributed by atoms with van der Waals surface area (Å²) in [4.78, 5) is 24.4. The van der Waals surface area contributed by atoms with Gasteiger partial charge in [-0.15, -0.1) is 0 Å². The first kappa shape index (κ1) is 18.1. The summed E-state index contributed by atoms with van der Waals surface area (Å²) in [7, 11) is 4.23. The lowest BCUT2D eigenvalue weighted by molar-refractivity contribution is -0.120. The standard InChI is InChI=1S/C17H24N2O5/c1-22-14-8-11(17(21)24-3)7-13(15(14)23-2)19-16(20)12-6-4-5-10(12)9-18/h7-8,10,12H,4-6,9,18H2,1-3H3,(H,19,20)/t10-,12-/m1/s1. The zero-order valence-electron chi connectivity index (χ0n) is 14.3. The van der Waals surface area contributed by atoms with Crippen LogP contribution in [0.2, 0.25) is 0 Å². The Kier molecular flexibility index (Phi) is 6.03. The van der Waals surface area contributed by atoms with Gasteiger partial charge in [-0.2, -0.15) is 0 Å². The monoisotopic (exact) mass is 336 g/mol. The number of carbonyl (C=O) groups is 2. The topological polar surface area (TPSA) is 99.9 Å². The molecule has 7 heteroatoms. The van der Waals surface area contributed by atoms with Gasteiger partial charge in [0, 0.05) is 5.92 Å². The van der Waals surface area contributed by atoms with Gasteiger partial charge in [0.2, 0.25) is 5.91 Å². The molecule has 132 valence electrons. The molecule has 0 saturated heterocycles. The maximum atomic E-state index is 12.6. The lowest BCUT2D eigenvalue weighted by Crippen LogP contribution is -2.30. The molecule has 0 spiro atoms. The highest BCUT2D eigenvalue weighted by Crippen LogP contribution is 2.38. The maximum absolute atomic E-state index is 12.6. The number of nitrogens with one attached hydrogen (secondary N) is 1. The van der Waals surface area contributed by atoms with Gasteiger partial charge in [0.15, 0.2) is 11.5 Å². The second-order valence-corrected chi connectivity index (χ2v) is 5.77. The van der Waals surface area contributed by atoms with Gasteiger partial charge in [-0.1, -0.05) is 6.42 Å². The van der Waals surface area contributed by atoms with E-state index in [1.807, 2.05) is 0 Å². The van der Waals surface area contributed by atoms with Gasteiger partial charge in [-0.3, -0.25) is 4.79 Å². The van der Waals surface area contributed by atoms with Crippen LogP contribution in [-0.2, 0) is 9.53 Å². The second kappa shape index (κ2) is 8.01. The summed E-state index contributed by atoms with van der Waals surface area (Å²) in [6.45, 7) is 0.487. The third-order valence-electron chi connectivity index (χ3n) is 4.46. The molecule has 24 heavy (non-hydrogen) atoms. The van der Waals surface area contributed by atoms with Crippen molar-refractivity contribution in [3.63, 3.8) is 0 Å². The van der Waals surface area contributed by atoms with E-state index in [-0.39, 0.29) is 23.3 Å². The summed E-state index contributed by atoms with van der Waals surface area (Å²) >= 11 is 0. The Morgan fingerprint density at radius 2 is 1.96 bits per heavy atom. The van der Waals surface area contributed by atoms with E-state index in [1.54, 1.807) is 0 Å². The van der Waals surface area contributed by atoms with Gasteiger partial charge in [-0.25, -0.2) is 4.79 Å². The lowest BCUT2D eigenvalue weighted by atomic mass is 9.95. The normalized spacial score (nSPS) is 19.7. The Morgan fingerprint density at radius 3 is 2.54 bits per heavy atom. The van der Waals surface area contributed by atoms with Crippen molar-refractivity contribution in [3.8, 4) is 11.5 Å². The summed E-state index contributed by atoms with van der Waals surface area (Å²) < 4.78 is 15.3. The molecule has 1 fully saturated rings. The van der Waals surface area contributed by atoms with Crippen molar-refractivity contribution in [2.75, 3.05) is 33.2 Å². The van der Waals surface area contributed by atoms with Crippen molar-refractivity contribution in [1.29, 1.82) is 0 Å². The maximum Gasteiger partial charge on any atom is 0.338 e. The van der Waals surface area contributed by atoms with E-state index >= 15 is 0 Å². The molecule has 0 aliphatic heterocycles. The van der Waals surface area contributed by atoms with E-state index in [0.717, 1.165) is 19.3 Å². The molecule has 7 nitrogen and oxygen atoms in total. The quantitative estimate of drug-likeness (QED) is 0.769. The van der Waals surface area contributed by atoms with Crippen molar-refractivity contribution in [1.82, 2.24) is 0 Å². The zero-order chi connectivity index (χ0) is 17.7. The Hall–Kier alpha value is -2.28. The summed E-state index contributed by atoms with van der Waals surface area (Å²) in [5.41, 5.74) is 6.40. The molecule has 2 atom stereocenters. The molecule has 1 aromatic carbocycles. The molecular weight excluding hydrogens is 312 g/mol. The minimum absolute atomic E-state index is 0.120. The van der Waals surface area contributed by atoms with Crippen molar-refractivity contribution < 1.29 is 23.8 Å². The summed E-state index contributed by atoms with van der Waals surface area (Å²) in [5, 5.41) is 2.85. The number of amides is 1. The minimum Gasteiger partial charge on any atom is -0.493 e. The SMILES string of the molecule is COC(=O)c1cc(NC(=O)[C@@H]2CCC[C@@H]2CN)c(OC)c(OC)c1. The van der Waals surface area contributed by atoms with Crippen LogP contribution in [0.15, 0.2) is 12.1 Å². The van der Waals surface area contributed by atoms with Gasteiger partial charge in [0.25, 0.3) is 0 Å². The van der Waals surface area contributed by atoms with Crippen LogP contribution >= 0.6 is 0 Å².